The standard InChI is InChI=1S/C23H19FN2O5/c24-18-10-16(12-29-21(27)14-6-8-19(9-7-14)26-23(25)28)20-17(11-18)13-30-22(31-20)15-4-2-1-3-5-15/h1-11,22H,12-13H2,(H3,25,26,28)/t22-/m0/s1. The largest absolute Gasteiger partial charge is 0.460 e. The Kier molecular flexibility index (Phi) is 5.81. The number of hydrogen-bond acceptors (Lipinski definition) is 5. The first-order chi connectivity index (χ1) is 15.0. The number of hydrogen-bond donors (Lipinski definition) is 2. The molecule has 1 atom stereocenters. The molecule has 3 N–H and O–H groups in total. The molecule has 4 rings (SSSR count). The van der Waals surface area contributed by atoms with Gasteiger partial charge in [-0.2, -0.15) is 0 Å². The monoisotopic (exact) mass is 422 g/mol. The van der Waals surface area contributed by atoms with E-state index in [1.54, 1.807) is 0 Å². The molecule has 0 saturated heterocycles. The van der Waals surface area contributed by atoms with E-state index < -0.39 is 24.1 Å². The highest BCUT2D eigenvalue weighted by Crippen LogP contribution is 2.36. The average Bonchev–Trinajstić information content (AvgIpc) is 2.77. The first-order valence-corrected chi connectivity index (χ1v) is 9.48. The van der Waals surface area contributed by atoms with E-state index in [1.807, 2.05) is 30.3 Å². The summed E-state index contributed by atoms with van der Waals surface area (Å²) in [5.74, 6) is -0.636. The second-order valence-electron chi connectivity index (χ2n) is 6.87. The van der Waals surface area contributed by atoms with Crippen molar-refractivity contribution in [2.45, 2.75) is 19.5 Å². The molecule has 7 nitrogen and oxygen atoms in total. The van der Waals surface area contributed by atoms with Crippen LogP contribution in [0.2, 0.25) is 0 Å². The van der Waals surface area contributed by atoms with E-state index >= 15 is 0 Å². The van der Waals surface area contributed by atoms with Crippen molar-refractivity contribution in [2.24, 2.45) is 5.73 Å². The number of rotatable bonds is 5. The van der Waals surface area contributed by atoms with Crippen LogP contribution in [0.4, 0.5) is 14.9 Å². The second-order valence-corrected chi connectivity index (χ2v) is 6.87. The maximum Gasteiger partial charge on any atom is 0.338 e. The molecular weight excluding hydrogens is 403 g/mol. The summed E-state index contributed by atoms with van der Waals surface area (Å²) in [7, 11) is 0. The molecule has 0 saturated carbocycles. The third kappa shape index (κ3) is 4.81. The van der Waals surface area contributed by atoms with Gasteiger partial charge in [0.1, 0.15) is 18.2 Å². The first-order valence-electron chi connectivity index (χ1n) is 9.48. The number of nitrogens with one attached hydrogen (secondary N) is 1. The summed E-state index contributed by atoms with van der Waals surface area (Å²) in [6.07, 6.45) is -0.640. The summed E-state index contributed by atoms with van der Waals surface area (Å²) in [6.45, 7) is -0.0103. The molecule has 0 unspecified atom stereocenters. The molecule has 0 radical (unpaired) electrons. The van der Waals surface area contributed by atoms with Crippen molar-refractivity contribution < 1.29 is 28.2 Å². The summed E-state index contributed by atoms with van der Waals surface area (Å²) in [5.41, 5.74) is 7.54. The van der Waals surface area contributed by atoms with Crippen molar-refractivity contribution >= 4 is 17.7 Å². The third-order valence-electron chi connectivity index (χ3n) is 4.64. The highest BCUT2D eigenvalue weighted by Gasteiger charge is 2.25. The van der Waals surface area contributed by atoms with Crippen molar-refractivity contribution in [3.63, 3.8) is 0 Å². The lowest BCUT2D eigenvalue weighted by molar-refractivity contribution is -0.112. The number of amides is 2. The van der Waals surface area contributed by atoms with Crippen LogP contribution in [-0.2, 0) is 22.7 Å². The van der Waals surface area contributed by atoms with Gasteiger partial charge in [-0.1, -0.05) is 30.3 Å². The number of esters is 1. The average molecular weight is 422 g/mol. The molecule has 0 aliphatic carbocycles. The first kappa shape index (κ1) is 20.4. The van der Waals surface area contributed by atoms with Gasteiger partial charge in [-0.25, -0.2) is 14.0 Å². The van der Waals surface area contributed by atoms with Crippen molar-refractivity contribution in [1.82, 2.24) is 0 Å². The second kappa shape index (κ2) is 8.85. The fourth-order valence-electron chi connectivity index (χ4n) is 3.22. The van der Waals surface area contributed by atoms with E-state index in [9.17, 15) is 14.0 Å². The van der Waals surface area contributed by atoms with Gasteiger partial charge in [-0.3, -0.25) is 0 Å². The molecule has 3 aromatic rings. The summed E-state index contributed by atoms with van der Waals surface area (Å²) < 4.78 is 31.1. The minimum Gasteiger partial charge on any atom is -0.460 e. The molecule has 158 valence electrons. The molecule has 0 bridgehead atoms. The van der Waals surface area contributed by atoms with Crippen LogP contribution in [0.1, 0.15) is 33.3 Å². The number of primary amides is 1. The van der Waals surface area contributed by atoms with Crippen LogP contribution in [0, 0.1) is 5.82 Å². The van der Waals surface area contributed by atoms with Gasteiger partial charge in [0, 0.05) is 22.4 Å². The third-order valence-corrected chi connectivity index (χ3v) is 4.64. The SMILES string of the molecule is NC(=O)Nc1ccc(C(=O)OCc2cc(F)cc3c2O[C@@H](c2ccccc2)OC3)cc1. The van der Waals surface area contributed by atoms with E-state index in [0.29, 0.717) is 22.6 Å². The molecule has 1 aliphatic heterocycles. The minimum absolute atomic E-state index is 0.169. The van der Waals surface area contributed by atoms with Gasteiger partial charge in [0.2, 0.25) is 6.29 Å². The molecule has 1 aliphatic rings. The topological polar surface area (TPSA) is 99.9 Å². The van der Waals surface area contributed by atoms with Gasteiger partial charge in [-0.05, 0) is 36.4 Å². The Balaban J connectivity index is 1.48. The van der Waals surface area contributed by atoms with Crippen LogP contribution in [0.15, 0.2) is 66.7 Å². The fourth-order valence-corrected chi connectivity index (χ4v) is 3.22. The molecule has 8 heteroatoms. The van der Waals surface area contributed by atoms with Crippen LogP contribution >= 0.6 is 0 Å². The Bertz CT molecular complexity index is 1100. The number of anilines is 1. The zero-order chi connectivity index (χ0) is 21.8. The highest BCUT2D eigenvalue weighted by atomic mass is 19.1. The molecule has 2 amide bonds. The van der Waals surface area contributed by atoms with E-state index in [0.717, 1.165) is 5.56 Å². The molecule has 0 aromatic heterocycles. The molecule has 1 heterocycles. The number of nitrogens with two attached hydrogens (primary N) is 1. The normalized spacial score (nSPS) is 14.8. The van der Waals surface area contributed by atoms with Crippen LogP contribution in [0.5, 0.6) is 5.75 Å². The number of carbonyl (C=O) groups excluding carboxylic acids is 2. The number of halogens is 1. The van der Waals surface area contributed by atoms with Crippen LogP contribution < -0.4 is 15.8 Å². The number of ether oxygens (including phenoxy) is 3. The maximum absolute atomic E-state index is 14.1. The van der Waals surface area contributed by atoms with E-state index in [-0.39, 0.29) is 18.8 Å². The zero-order valence-corrected chi connectivity index (χ0v) is 16.3. The number of urea groups is 1. The highest BCUT2D eigenvalue weighted by molar-refractivity contribution is 5.91. The molecule has 0 spiro atoms. The molecule has 0 fully saturated rings. The lowest BCUT2D eigenvalue weighted by Gasteiger charge is -2.28. The molecular formula is C23H19FN2O5. The Morgan fingerprint density at radius 2 is 1.84 bits per heavy atom. The van der Waals surface area contributed by atoms with Crippen LogP contribution in [0.25, 0.3) is 0 Å². The lowest BCUT2D eigenvalue weighted by Crippen LogP contribution is -2.20. The van der Waals surface area contributed by atoms with Gasteiger partial charge >= 0.3 is 12.0 Å². The lowest BCUT2D eigenvalue weighted by atomic mass is 10.1. The van der Waals surface area contributed by atoms with Gasteiger partial charge in [-0.15, -0.1) is 0 Å². The van der Waals surface area contributed by atoms with Gasteiger partial charge < -0.3 is 25.3 Å². The minimum atomic E-state index is -0.705. The Hall–Kier alpha value is -3.91. The summed E-state index contributed by atoms with van der Waals surface area (Å²) >= 11 is 0. The predicted molar refractivity (Wildman–Crippen MR) is 110 cm³/mol. The van der Waals surface area contributed by atoms with E-state index in [1.165, 1.54) is 36.4 Å². The zero-order valence-electron chi connectivity index (χ0n) is 16.3. The number of benzene rings is 3. The maximum atomic E-state index is 14.1. The Morgan fingerprint density at radius 3 is 2.55 bits per heavy atom. The fraction of sp³-hybridized carbons (Fsp3) is 0.130. The summed E-state index contributed by atoms with van der Waals surface area (Å²) in [6, 6.07) is 17.3. The smallest absolute Gasteiger partial charge is 0.338 e. The molecule has 31 heavy (non-hydrogen) atoms. The Morgan fingerprint density at radius 1 is 1.10 bits per heavy atom. The summed E-state index contributed by atoms with van der Waals surface area (Å²) in [5, 5.41) is 2.40. The molecule has 3 aromatic carbocycles. The number of carbonyl (C=O) groups is 2. The predicted octanol–water partition coefficient (Wildman–Crippen LogP) is 4.28. The van der Waals surface area contributed by atoms with E-state index in [4.69, 9.17) is 19.9 Å². The van der Waals surface area contributed by atoms with Crippen molar-refractivity contribution in [3.8, 4) is 5.75 Å². The van der Waals surface area contributed by atoms with E-state index in [2.05, 4.69) is 5.32 Å². The van der Waals surface area contributed by atoms with Crippen molar-refractivity contribution in [2.75, 3.05) is 5.32 Å². The van der Waals surface area contributed by atoms with Crippen LogP contribution in [0.3, 0.4) is 0 Å². The van der Waals surface area contributed by atoms with Gasteiger partial charge in [0.05, 0.1) is 12.2 Å². The van der Waals surface area contributed by atoms with Crippen LogP contribution in [-0.4, -0.2) is 12.0 Å². The summed E-state index contributed by atoms with van der Waals surface area (Å²) in [4.78, 5) is 23.3. The van der Waals surface area contributed by atoms with Crippen molar-refractivity contribution in [3.05, 3.63) is 94.8 Å². The van der Waals surface area contributed by atoms with Gasteiger partial charge in [0.25, 0.3) is 0 Å². The Labute approximate surface area is 177 Å². The van der Waals surface area contributed by atoms with Gasteiger partial charge in [0.15, 0.2) is 0 Å². The number of fused-ring (bicyclic) bond motifs is 1. The van der Waals surface area contributed by atoms with Crippen molar-refractivity contribution in [1.29, 1.82) is 0 Å². The quantitative estimate of drug-likeness (QED) is 0.598.